The number of nitrogens with zero attached hydrogens (tertiary/aromatic N) is 2. The van der Waals surface area contributed by atoms with Gasteiger partial charge in [-0.25, -0.2) is 8.42 Å². The Morgan fingerprint density at radius 3 is 2.27 bits per heavy atom. The molecule has 2 saturated heterocycles. The molecule has 2 atom stereocenters. The highest BCUT2D eigenvalue weighted by Crippen LogP contribution is 2.23. The molecule has 2 amide bonds. The second-order valence-corrected chi connectivity index (χ2v) is 13.6. The lowest BCUT2D eigenvalue weighted by Crippen LogP contribution is -2.51. The van der Waals surface area contributed by atoms with Gasteiger partial charge >= 0.3 is 0 Å². The molecule has 2 aliphatic rings. The molecule has 2 heterocycles. The molecule has 1 N–H and O–H groups in total. The molecule has 0 spiro atoms. The first kappa shape index (κ1) is 32.7. The van der Waals surface area contributed by atoms with Gasteiger partial charge < -0.3 is 19.7 Å². The summed E-state index contributed by atoms with van der Waals surface area (Å²) in [6, 6.07) is 23.3. The average Bonchev–Trinajstić information content (AvgIpc) is 3.81. The Labute approximate surface area is 266 Å². The normalized spacial score (nSPS) is 17.6. The number of rotatable bonds is 14. The van der Waals surface area contributed by atoms with Crippen LogP contribution in [-0.4, -0.2) is 74.9 Å². The summed E-state index contributed by atoms with van der Waals surface area (Å²) in [6.45, 7) is 2.45. The van der Waals surface area contributed by atoms with Gasteiger partial charge in [0, 0.05) is 45.6 Å². The van der Waals surface area contributed by atoms with E-state index >= 15 is 0 Å². The van der Waals surface area contributed by atoms with Gasteiger partial charge in [0.25, 0.3) is 0 Å². The predicted molar refractivity (Wildman–Crippen MR) is 172 cm³/mol. The zero-order valence-corrected chi connectivity index (χ0v) is 26.7. The Bertz CT molecular complexity index is 1500. The zero-order chi connectivity index (χ0) is 31.6. The van der Waals surface area contributed by atoms with Crippen LogP contribution in [0.5, 0.6) is 5.75 Å². The van der Waals surface area contributed by atoms with Gasteiger partial charge in [-0.15, -0.1) is 0 Å². The Balaban J connectivity index is 1.35. The van der Waals surface area contributed by atoms with Crippen LogP contribution in [-0.2, 0) is 43.7 Å². The van der Waals surface area contributed by atoms with Crippen LogP contribution < -0.4 is 10.1 Å². The van der Waals surface area contributed by atoms with Crippen LogP contribution in [0.25, 0.3) is 0 Å². The second kappa shape index (κ2) is 15.5. The number of sulfonamides is 1. The molecule has 0 saturated carbocycles. The number of hydrogen-bond acceptors (Lipinski definition) is 6. The predicted octanol–water partition coefficient (Wildman–Crippen LogP) is 4.35. The Hall–Kier alpha value is -3.73. The van der Waals surface area contributed by atoms with Gasteiger partial charge in [-0.3, -0.25) is 9.59 Å². The van der Waals surface area contributed by atoms with E-state index in [1.165, 1.54) is 4.31 Å². The minimum Gasteiger partial charge on any atom is -0.497 e. The van der Waals surface area contributed by atoms with Crippen molar-refractivity contribution in [3.05, 3.63) is 95.6 Å². The van der Waals surface area contributed by atoms with E-state index in [1.807, 2.05) is 54.6 Å². The van der Waals surface area contributed by atoms with Gasteiger partial charge in [-0.1, -0.05) is 54.6 Å². The van der Waals surface area contributed by atoms with Crippen LogP contribution >= 0.6 is 0 Å². The number of ether oxygens (including phenoxy) is 2. The van der Waals surface area contributed by atoms with E-state index < -0.39 is 16.1 Å². The lowest BCUT2D eigenvalue weighted by molar-refractivity contribution is -0.141. The van der Waals surface area contributed by atoms with E-state index in [0.29, 0.717) is 44.8 Å². The highest BCUT2D eigenvalue weighted by atomic mass is 32.2. The fraction of sp³-hybridized carbons (Fsp3) is 0.429. The van der Waals surface area contributed by atoms with Crippen molar-refractivity contribution in [1.29, 1.82) is 0 Å². The molecule has 9 nitrogen and oxygen atoms in total. The van der Waals surface area contributed by atoms with Crippen molar-refractivity contribution in [3.8, 4) is 5.75 Å². The number of nitrogens with one attached hydrogen (secondary N) is 1. The summed E-state index contributed by atoms with van der Waals surface area (Å²) >= 11 is 0. The fourth-order valence-corrected chi connectivity index (χ4v) is 7.44. The smallest absolute Gasteiger partial charge is 0.243 e. The van der Waals surface area contributed by atoms with Crippen LogP contribution in [0.4, 0.5) is 0 Å². The third-order valence-electron chi connectivity index (χ3n) is 8.56. The molecule has 0 aromatic heterocycles. The summed E-state index contributed by atoms with van der Waals surface area (Å²) in [7, 11) is -1.90. The van der Waals surface area contributed by atoms with Gasteiger partial charge in [0.05, 0.1) is 18.1 Å². The fourth-order valence-electron chi connectivity index (χ4n) is 5.92. The van der Waals surface area contributed by atoms with Crippen LogP contribution in [0, 0.1) is 0 Å². The minimum absolute atomic E-state index is 0.0191. The van der Waals surface area contributed by atoms with Crippen molar-refractivity contribution in [2.45, 2.75) is 68.5 Å². The van der Waals surface area contributed by atoms with Crippen molar-refractivity contribution < 1.29 is 27.5 Å². The molecule has 5 rings (SSSR count). The molecule has 3 aromatic rings. The number of amides is 2. The monoisotopic (exact) mass is 633 g/mol. The molecule has 0 aliphatic carbocycles. The summed E-state index contributed by atoms with van der Waals surface area (Å²) in [5.74, 6) is 0.336. The lowest BCUT2D eigenvalue weighted by atomic mass is 10.0. The van der Waals surface area contributed by atoms with Crippen molar-refractivity contribution in [2.24, 2.45) is 0 Å². The van der Waals surface area contributed by atoms with Crippen LogP contribution in [0.15, 0.2) is 83.8 Å². The molecular weight excluding hydrogens is 590 g/mol. The van der Waals surface area contributed by atoms with E-state index in [-0.39, 0.29) is 35.8 Å². The first-order valence-electron chi connectivity index (χ1n) is 15.8. The molecule has 0 radical (unpaired) electrons. The largest absolute Gasteiger partial charge is 0.497 e. The third-order valence-corrected chi connectivity index (χ3v) is 10.5. The van der Waals surface area contributed by atoms with Crippen molar-refractivity contribution >= 4 is 21.8 Å². The maximum atomic E-state index is 14.0. The lowest BCUT2D eigenvalue weighted by Gasteiger charge is -2.32. The molecule has 2 aliphatic heterocycles. The Kier molecular flexibility index (Phi) is 11.3. The maximum absolute atomic E-state index is 14.0. The van der Waals surface area contributed by atoms with E-state index in [1.54, 1.807) is 36.3 Å². The summed E-state index contributed by atoms with van der Waals surface area (Å²) in [5, 5.41) is 3.06. The quantitative estimate of drug-likeness (QED) is 0.283. The molecule has 240 valence electrons. The zero-order valence-electron chi connectivity index (χ0n) is 25.9. The van der Waals surface area contributed by atoms with Gasteiger partial charge in [0.2, 0.25) is 21.8 Å². The molecule has 45 heavy (non-hydrogen) atoms. The number of carbonyl (C=O) groups excluding carboxylic acids is 2. The van der Waals surface area contributed by atoms with E-state index in [0.717, 1.165) is 42.4 Å². The van der Waals surface area contributed by atoms with Crippen LogP contribution in [0.3, 0.4) is 0 Å². The third kappa shape index (κ3) is 8.71. The topological polar surface area (TPSA) is 105 Å². The molecule has 0 unspecified atom stereocenters. The number of carbonyl (C=O) groups is 2. The van der Waals surface area contributed by atoms with Crippen molar-refractivity contribution in [2.75, 3.05) is 33.4 Å². The first-order valence-corrected chi connectivity index (χ1v) is 17.2. The summed E-state index contributed by atoms with van der Waals surface area (Å²) in [5.41, 5.74) is 2.69. The van der Waals surface area contributed by atoms with E-state index in [9.17, 15) is 18.0 Å². The van der Waals surface area contributed by atoms with E-state index in [4.69, 9.17) is 9.47 Å². The van der Waals surface area contributed by atoms with Crippen LogP contribution in [0.2, 0.25) is 0 Å². The molecule has 0 bridgehead atoms. The van der Waals surface area contributed by atoms with E-state index in [2.05, 4.69) is 5.32 Å². The van der Waals surface area contributed by atoms with Gasteiger partial charge in [0.15, 0.2) is 0 Å². The standard InChI is InChI=1S/C35H43N3O6S/c1-43-30-16-11-29(12-17-30)26-38(33(24-28-8-3-2-4-9-28)35(40)36-25-31-10-7-23-44-31)34(39)20-15-27-13-18-32(19-14-27)45(41,42)37-21-5-6-22-37/h2-4,8-9,11-14,16-19,31,33H,5-7,10,15,20-26H2,1H3,(H,36,40)/t31-,33-/m1/s1. The van der Waals surface area contributed by atoms with Crippen LogP contribution in [0.1, 0.15) is 48.8 Å². The minimum atomic E-state index is -3.51. The van der Waals surface area contributed by atoms with Gasteiger partial charge in [-0.2, -0.15) is 4.31 Å². The van der Waals surface area contributed by atoms with Gasteiger partial charge in [0.1, 0.15) is 11.8 Å². The molecular formula is C35H43N3O6S. The highest BCUT2D eigenvalue weighted by molar-refractivity contribution is 7.89. The summed E-state index contributed by atoms with van der Waals surface area (Å²) in [4.78, 5) is 29.8. The highest BCUT2D eigenvalue weighted by Gasteiger charge is 2.31. The van der Waals surface area contributed by atoms with Crippen molar-refractivity contribution in [1.82, 2.24) is 14.5 Å². The Morgan fingerprint density at radius 1 is 0.933 bits per heavy atom. The molecule has 10 heteroatoms. The number of benzene rings is 3. The maximum Gasteiger partial charge on any atom is 0.243 e. The Morgan fingerprint density at radius 2 is 1.62 bits per heavy atom. The number of aryl methyl sites for hydroxylation is 1. The average molecular weight is 634 g/mol. The summed E-state index contributed by atoms with van der Waals surface area (Å²) in [6.07, 6.45) is 4.56. The molecule has 2 fully saturated rings. The summed E-state index contributed by atoms with van der Waals surface area (Å²) < 4.78 is 38.5. The second-order valence-electron chi connectivity index (χ2n) is 11.7. The molecule has 3 aromatic carbocycles. The van der Waals surface area contributed by atoms with Crippen molar-refractivity contribution in [3.63, 3.8) is 0 Å². The first-order chi connectivity index (χ1) is 21.8. The van der Waals surface area contributed by atoms with Gasteiger partial charge in [-0.05, 0) is 73.1 Å². The SMILES string of the molecule is COc1ccc(CN(C(=O)CCc2ccc(S(=O)(=O)N3CCCC3)cc2)[C@H](Cc2ccccc2)C(=O)NC[C@H]2CCCO2)cc1. The number of hydrogen-bond donors (Lipinski definition) is 1. The number of methoxy groups -OCH3 is 1.